The summed E-state index contributed by atoms with van der Waals surface area (Å²) in [6.07, 6.45) is -0.515. The van der Waals surface area contributed by atoms with Gasteiger partial charge in [0.2, 0.25) is 0 Å². The number of ether oxygens (including phenoxy) is 1. The molecule has 3 nitrogen and oxygen atoms in total. The van der Waals surface area contributed by atoms with Crippen LogP contribution in [0.1, 0.15) is 24.1 Å². The zero-order valence-electron chi connectivity index (χ0n) is 12.0. The van der Waals surface area contributed by atoms with Crippen LogP contribution in [-0.4, -0.2) is 24.4 Å². The van der Waals surface area contributed by atoms with Crippen molar-refractivity contribution >= 4 is 22.9 Å². The molecule has 0 fully saturated rings. The first-order valence-electron chi connectivity index (χ1n) is 6.91. The normalized spacial score (nSPS) is 14.0. The van der Waals surface area contributed by atoms with Gasteiger partial charge in [-0.15, -0.1) is 0 Å². The summed E-state index contributed by atoms with van der Waals surface area (Å²) in [7, 11) is 0. The molecule has 0 aliphatic carbocycles. The molecule has 0 bridgehead atoms. The highest BCUT2D eigenvalue weighted by Crippen LogP contribution is 2.15. The second kappa shape index (κ2) is 8.51. The minimum Gasteiger partial charge on any atom is -0.389 e. The molecule has 0 saturated carbocycles. The molecule has 0 radical (unpaired) electrons. The van der Waals surface area contributed by atoms with Crippen LogP contribution < -0.4 is 5.32 Å². The second-order valence-corrected chi connectivity index (χ2v) is 6.20. The van der Waals surface area contributed by atoms with Gasteiger partial charge < -0.3 is 15.2 Å². The maximum absolute atomic E-state index is 9.91. The fraction of sp³-hybridized carbons (Fsp3) is 0.375. The molecule has 21 heavy (non-hydrogen) atoms. The lowest BCUT2D eigenvalue weighted by atomic mass is 10.2. The monoisotopic (exact) mass is 325 g/mol. The fourth-order valence-corrected chi connectivity index (χ4v) is 2.78. The Bertz CT molecular complexity index is 516. The largest absolute Gasteiger partial charge is 0.389 e. The van der Waals surface area contributed by atoms with Gasteiger partial charge in [0.15, 0.2) is 0 Å². The van der Waals surface area contributed by atoms with Crippen molar-refractivity contribution < 1.29 is 9.84 Å². The molecule has 5 heteroatoms. The lowest BCUT2D eigenvalue weighted by molar-refractivity contribution is 0.0278. The Morgan fingerprint density at radius 1 is 1.29 bits per heavy atom. The molecule has 1 aromatic heterocycles. The van der Waals surface area contributed by atoms with Crippen LogP contribution in [0.2, 0.25) is 5.02 Å². The fourth-order valence-electron chi connectivity index (χ4n) is 1.90. The Hall–Kier alpha value is -0.910. The molecular weight excluding hydrogens is 306 g/mol. The number of thiophene rings is 1. The Morgan fingerprint density at radius 2 is 2.05 bits per heavy atom. The molecule has 0 saturated heterocycles. The Morgan fingerprint density at radius 3 is 2.71 bits per heavy atom. The van der Waals surface area contributed by atoms with Gasteiger partial charge in [-0.25, -0.2) is 0 Å². The average molecular weight is 326 g/mol. The molecule has 2 aromatic rings. The third-order valence-corrected chi connectivity index (χ3v) is 4.15. The predicted octanol–water partition coefficient (Wildman–Crippen LogP) is 3.63. The number of nitrogens with one attached hydrogen (secondary N) is 1. The first-order valence-corrected chi connectivity index (χ1v) is 8.23. The van der Waals surface area contributed by atoms with Gasteiger partial charge >= 0.3 is 0 Å². The highest BCUT2D eigenvalue weighted by Gasteiger charge is 2.09. The van der Waals surface area contributed by atoms with E-state index in [1.165, 1.54) is 5.56 Å². The van der Waals surface area contributed by atoms with Gasteiger partial charge in [-0.2, -0.15) is 11.3 Å². The Balaban J connectivity index is 1.63. The number of hydrogen-bond donors (Lipinski definition) is 2. The van der Waals surface area contributed by atoms with Crippen LogP contribution >= 0.6 is 22.9 Å². The van der Waals surface area contributed by atoms with Crippen LogP contribution in [0.4, 0.5) is 0 Å². The molecule has 0 aliphatic rings. The summed E-state index contributed by atoms with van der Waals surface area (Å²) in [5, 5.41) is 18.1. The molecule has 2 atom stereocenters. The van der Waals surface area contributed by atoms with E-state index in [1.54, 1.807) is 11.3 Å². The summed E-state index contributed by atoms with van der Waals surface area (Å²) in [4.78, 5) is 0. The highest BCUT2D eigenvalue weighted by atomic mass is 35.5. The number of aliphatic hydroxyl groups excluding tert-OH is 1. The lowest BCUT2D eigenvalue weighted by Crippen LogP contribution is -2.32. The van der Waals surface area contributed by atoms with E-state index in [9.17, 15) is 5.11 Å². The summed E-state index contributed by atoms with van der Waals surface area (Å²) in [6, 6.07) is 9.84. The zero-order valence-corrected chi connectivity index (χ0v) is 13.5. The highest BCUT2D eigenvalue weighted by molar-refractivity contribution is 7.07. The zero-order chi connectivity index (χ0) is 15.1. The summed E-state index contributed by atoms with van der Waals surface area (Å²) < 4.78 is 5.51. The number of halogens is 1. The van der Waals surface area contributed by atoms with E-state index >= 15 is 0 Å². The van der Waals surface area contributed by atoms with E-state index in [0.717, 1.165) is 5.56 Å². The molecule has 0 spiro atoms. The van der Waals surface area contributed by atoms with Gasteiger partial charge in [0.25, 0.3) is 0 Å². The smallest absolute Gasteiger partial charge is 0.0898 e. The number of aliphatic hydroxyl groups is 1. The Kier molecular flexibility index (Phi) is 6.67. The molecular formula is C16H20ClNO2S. The van der Waals surface area contributed by atoms with Crippen molar-refractivity contribution in [2.45, 2.75) is 25.7 Å². The minimum atomic E-state index is -0.515. The number of benzene rings is 1. The molecule has 0 aliphatic heterocycles. The van der Waals surface area contributed by atoms with Gasteiger partial charge in [-0.3, -0.25) is 0 Å². The SMILES string of the molecule is CC(NCC(O)COCc1ccc(Cl)cc1)c1ccsc1. The van der Waals surface area contributed by atoms with Crippen LogP contribution in [0.25, 0.3) is 0 Å². The van der Waals surface area contributed by atoms with Crippen molar-refractivity contribution in [1.29, 1.82) is 0 Å². The second-order valence-electron chi connectivity index (χ2n) is 4.98. The first kappa shape index (κ1) is 16.5. The van der Waals surface area contributed by atoms with Crippen LogP contribution in [0, 0.1) is 0 Å². The van der Waals surface area contributed by atoms with E-state index in [2.05, 4.69) is 29.1 Å². The topological polar surface area (TPSA) is 41.5 Å². The molecule has 2 unspecified atom stereocenters. The van der Waals surface area contributed by atoms with Gasteiger partial charge in [0.1, 0.15) is 0 Å². The molecule has 1 aromatic carbocycles. The van der Waals surface area contributed by atoms with Crippen LogP contribution in [0.5, 0.6) is 0 Å². The van der Waals surface area contributed by atoms with Crippen molar-refractivity contribution in [1.82, 2.24) is 5.32 Å². The third-order valence-electron chi connectivity index (χ3n) is 3.20. The summed E-state index contributed by atoms with van der Waals surface area (Å²) in [6.45, 7) is 3.39. The first-order chi connectivity index (χ1) is 10.1. The number of hydrogen-bond acceptors (Lipinski definition) is 4. The van der Waals surface area contributed by atoms with Crippen LogP contribution in [0.3, 0.4) is 0 Å². The van der Waals surface area contributed by atoms with Crippen molar-refractivity contribution in [3.8, 4) is 0 Å². The average Bonchev–Trinajstić information content (AvgIpc) is 3.01. The van der Waals surface area contributed by atoms with Gasteiger partial charge in [0.05, 0.1) is 19.3 Å². The van der Waals surface area contributed by atoms with Gasteiger partial charge in [-0.05, 0) is 47.0 Å². The standard InChI is InChI=1S/C16H20ClNO2S/c1-12(14-6-7-21-11-14)18-8-16(19)10-20-9-13-2-4-15(17)5-3-13/h2-7,11-12,16,18-19H,8-10H2,1H3. The molecule has 2 N–H and O–H groups in total. The van der Waals surface area contributed by atoms with Crippen molar-refractivity contribution in [3.05, 3.63) is 57.2 Å². The van der Waals surface area contributed by atoms with Crippen molar-refractivity contribution in [2.24, 2.45) is 0 Å². The van der Waals surface area contributed by atoms with Crippen molar-refractivity contribution in [3.63, 3.8) is 0 Å². The summed E-state index contributed by atoms with van der Waals surface area (Å²) in [5.74, 6) is 0. The van der Waals surface area contributed by atoms with Crippen LogP contribution in [0.15, 0.2) is 41.1 Å². The molecule has 2 rings (SSSR count). The van der Waals surface area contributed by atoms with E-state index in [-0.39, 0.29) is 6.04 Å². The molecule has 0 amide bonds. The van der Waals surface area contributed by atoms with Gasteiger partial charge in [-0.1, -0.05) is 23.7 Å². The minimum absolute atomic E-state index is 0.238. The Labute approximate surface area is 134 Å². The summed E-state index contributed by atoms with van der Waals surface area (Å²) >= 11 is 7.50. The van der Waals surface area contributed by atoms with E-state index in [0.29, 0.717) is 24.8 Å². The lowest BCUT2D eigenvalue weighted by Gasteiger charge is -2.16. The number of rotatable bonds is 8. The quantitative estimate of drug-likeness (QED) is 0.778. The van der Waals surface area contributed by atoms with Gasteiger partial charge in [0, 0.05) is 17.6 Å². The summed E-state index contributed by atoms with van der Waals surface area (Å²) in [5.41, 5.74) is 2.29. The molecule has 1 heterocycles. The van der Waals surface area contributed by atoms with Crippen LogP contribution in [-0.2, 0) is 11.3 Å². The maximum Gasteiger partial charge on any atom is 0.0898 e. The van der Waals surface area contributed by atoms with E-state index < -0.39 is 6.10 Å². The van der Waals surface area contributed by atoms with E-state index in [1.807, 2.05) is 24.3 Å². The third kappa shape index (κ3) is 5.77. The molecule has 114 valence electrons. The van der Waals surface area contributed by atoms with Crippen molar-refractivity contribution in [2.75, 3.05) is 13.2 Å². The maximum atomic E-state index is 9.91. The van der Waals surface area contributed by atoms with E-state index in [4.69, 9.17) is 16.3 Å². The predicted molar refractivity (Wildman–Crippen MR) is 87.9 cm³/mol.